The fourth-order valence-electron chi connectivity index (χ4n) is 2.60. The molecule has 0 fully saturated rings. The fraction of sp³-hybridized carbons (Fsp3) is 0.200. The van der Waals surface area contributed by atoms with Gasteiger partial charge in [0, 0.05) is 17.5 Å². The quantitative estimate of drug-likeness (QED) is 0.395. The maximum absolute atomic E-state index is 12.4. The molecule has 0 spiro atoms. The van der Waals surface area contributed by atoms with Gasteiger partial charge in [0.2, 0.25) is 0 Å². The number of rotatable bonds is 5. The first-order valence-electron chi connectivity index (χ1n) is 8.09. The smallest absolute Gasteiger partial charge is 0.343 e. The molecular weight excluding hydrogens is 336 g/mol. The molecule has 134 valence electrons. The zero-order chi connectivity index (χ0) is 18.7. The summed E-state index contributed by atoms with van der Waals surface area (Å²) in [4.78, 5) is 23.9. The van der Waals surface area contributed by atoms with Gasteiger partial charge >= 0.3 is 11.6 Å². The van der Waals surface area contributed by atoms with E-state index in [1.165, 1.54) is 19.2 Å². The molecule has 0 atom stereocenters. The average molecular weight is 354 g/mol. The number of fused-ring (bicyclic) bond motifs is 1. The lowest BCUT2D eigenvalue weighted by Gasteiger charge is -2.11. The lowest BCUT2D eigenvalue weighted by Crippen LogP contribution is -2.09. The summed E-state index contributed by atoms with van der Waals surface area (Å²) in [6.45, 7) is 4.17. The number of carbonyl (C=O) groups excluding carboxylic acids is 1. The van der Waals surface area contributed by atoms with E-state index in [1.807, 2.05) is 13.8 Å². The molecule has 0 aliphatic rings. The van der Waals surface area contributed by atoms with Crippen LogP contribution in [-0.4, -0.2) is 19.7 Å². The van der Waals surface area contributed by atoms with Crippen molar-refractivity contribution in [1.29, 1.82) is 0 Å². The summed E-state index contributed by atoms with van der Waals surface area (Å²) < 4.78 is 21.2. The van der Waals surface area contributed by atoms with E-state index in [0.29, 0.717) is 29.3 Å². The number of ether oxygens (including phenoxy) is 3. The van der Waals surface area contributed by atoms with Crippen LogP contribution >= 0.6 is 0 Å². The Kier molecular flexibility index (Phi) is 4.93. The van der Waals surface area contributed by atoms with Crippen LogP contribution in [0.3, 0.4) is 0 Å². The normalized spacial score (nSPS) is 10.6. The highest BCUT2D eigenvalue weighted by molar-refractivity contribution is 5.92. The number of hydrogen-bond donors (Lipinski definition) is 0. The second-order valence-electron chi connectivity index (χ2n) is 5.59. The molecule has 1 aromatic heterocycles. The van der Waals surface area contributed by atoms with Gasteiger partial charge < -0.3 is 18.6 Å². The molecule has 2 aromatic carbocycles. The van der Waals surface area contributed by atoms with Crippen molar-refractivity contribution in [2.75, 3.05) is 13.7 Å². The van der Waals surface area contributed by atoms with Crippen LogP contribution in [0.15, 0.2) is 51.7 Å². The lowest BCUT2D eigenvalue weighted by molar-refractivity contribution is 0.0734. The Morgan fingerprint density at radius 3 is 2.62 bits per heavy atom. The highest BCUT2D eigenvalue weighted by Gasteiger charge is 2.14. The summed E-state index contributed by atoms with van der Waals surface area (Å²) in [6.07, 6.45) is 0. The van der Waals surface area contributed by atoms with Gasteiger partial charge in [0.25, 0.3) is 0 Å². The molecule has 0 aliphatic heterocycles. The first-order chi connectivity index (χ1) is 12.5. The maximum atomic E-state index is 12.4. The van der Waals surface area contributed by atoms with Crippen molar-refractivity contribution in [3.63, 3.8) is 0 Å². The summed E-state index contributed by atoms with van der Waals surface area (Å²) in [5.41, 5.74) is 1.03. The van der Waals surface area contributed by atoms with Gasteiger partial charge in [0.1, 0.15) is 11.3 Å². The molecule has 26 heavy (non-hydrogen) atoms. The molecule has 6 nitrogen and oxygen atoms in total. The van der Waals surface area contributed by atoms with E-state index in [4.69, 9.17) is 18.6 Å². The van der Waals surface area contributed by atoms with Crippen molar-refractivity contribution in [2.45, 2.75) is 13.8 Å². The van der Waals surface area contributed by atoms with Gasteiger partial charge in [-0.1, -0.05) is 0 Å². The molecular formula is C20H18O6. The number of benzene rings is 2. The standard InChI is InChI=1S/C20H18O6/c1-4-24-16-8-5-13(10-18(16)23-3)20(22)25-14-6-7-15-12(2)9-19(21)26-17(15)11-14/h5-11H,4H2,1-3H3. The third kappa shape index (κ3) is 3.54. The van der Waals surface area contributed by atoms with Crippen molar-refractivity contribution in [2.24, 2.45) is 0 Å². The van der Waals surface area contributed by atoms with E-state index < -0.39 is 11.6 Å². The second kappa shape index (κ2) is 7.31. The van der Waals surface area contributed by atoms with Crippen LogP contribution in [0.25, 0.3) is 11.0 Å². The number of hydrogen-bond acceptors (Lipinski definition) is 6. The highest BCUT2D eigenvalue weighted by atomic mass is 16.5. The molecule has 0 N–H and O–H groups in total. The maximum Gasteiger partial charge on any atom is 0.343 e. The first kappa shape index (κ1) is 17.5. The Morgan fingerprint density at radius 1 is 1.08 bits per heavy atom. The van der Waals surface area contributed by atoms with Gasteiger partial charge in [-0.2, -0.15) is 0 Å². The molecule has 3 aromatic rings. The number of methoxy groups -OCH3 is 1. The Labute approximate surface area is 149 Å². The van der Waals surface area contributed by atoms with Gasteiger partial charge in [0.15, 0.2) is 11.5 Å². The molecule has 0 radical (unpaired) electrons. The van der Waals surface area contributed by atoms with Crippen LogP contribution < -0.4 is 19.8 Å². The zero-order valence-corrected chi connectivity index (χ0v) is 14.7. The second-order valence-corrected chi connectivity index (χ2v) is 5.59. The minimum absolute atomic E-state index is 0.282. The van der Waals surface area contributed by atoms with Crippen LogP contribution in [0.1, 0.15) is 22.8 Å². The third-order valence-electron chi connectivity index (χ3n) is 3.83. The summed E-state index contributed by atoms with van der Waals surface area (Å²) in [6, 6.07) is 11.1. The topological polar surface area (TPSA) is 75.0 Å². The van der Waals surface area contributed by atoms with Crippen LogP contribution in [0.2, 0.25) is 0 Å². The van der Waals surface area contributed by atoms with Gasteiger partial charge in [-0.05, 0) is 49.7 Å². The monoisotopic (exact) mass is 354 g/mol. The minimum Gasteiger partial charge on any atom is -0.493 e. The Balaban J connectivity index is 1.88. The number of esters is 1. The fourth-order valence-corrected chi connectivity index (χ4v) is 2.60. The molecule has 0 aliphatic carbocycles. The highest BCUT2D eigenvalue weighted by Crippen LogP contribution is 2.29. The molecule has 0 saturated heterocycles. The molecule has 0 bridgehead atoms. The number of carbonyl (C=O) groups is 1. The summed E-state index contributed by atoms with van der Waals surface area (Å²) >= 11 is 0. The Hall–Kier alpha value is -3.28. The largest absolute Gasteiger partial charge is 0.493 e. The van der Waals surface area contributed by atoms with E-state index in [-0.39, 0.29) is 5.75 Å². The van der Waals surface area contributed by atoms with Gasteiger partial charge in [-0.25, -0.2) is 9.59 Å². The molecule has 0 unspecified atom stereocenters. The Bertz CT molecular complexity index is 1020. The van der Waals surface area contributed by atoms with E-state index in [9.17, 15) is 9.59 Å². The van der Waals surface area contributed by atoms with Crippen molar-refractivity contribution in [1.82, 2.24) is 0 Å². The molecule has 6 heteroatoms. The van der Waals surface area contributed by atoms with Crippen LogP contribution in [0.4, 0.5) is 0 Å². The van der Waals surface area contributed by atoms with E-state index in [2.05, 4.69) is 0 Å². The van der Waals surface area contributed by atoms with Crippen LogP contribution in [-0.2, 0) is 0 Å². The molecule has 1 heterocycles. The minimum atomic E-state index is -0.555. The molecule has 0 amide bonds. The van der Waals surface area contributed by atoms with Gasteiger partial charge in [-0.15, -0.1) is 0 Å². The first-order valence-corrected chi connectivity index (χ1v) is 8.09. The van der Waals surface area contributed by atoms with Crippen molar-refractivity contribution in [3.05, 3.63) is 64.0 Å². The predicted octanol–water partition coefficient (Wildman–Crippen LogP) is 3.73. The lowest BCUT2D eigenvalue weighted by atomic mass is 10.1. The van der Waals surface area contributed by atoms with Crippen molar-refractivity contribution < 1.29 is 23.4 Å². The van der Waals surface area contributed by atoms with E-state index >= 15 is 0 Å². The molecule has 3 rings (SSSR count). The van der Waals surface area contributed by atoms with E-state index in [1.54, 1.807) is 30.3 Å². The van der Waals surface area contributed by atoms with Crippen molar-refractivity contribution >= 4 is 16.9 Å². The van der Waals surface area contributed by atoms with Crippen LogP contribution in [0, 0.1) is 6.92 Å². The molecule has 0 saturated carbocycles. The number of aryl methyl sites for hydroxylation is 1. The predicted molar refractivity (Wildman–Crippen MR) is 96.3 cm³/mol. The SMILES string of the molecule is CCOc1ccc(C(=O)Oc2ccc3c(C)cc(=O)oc3c2)cc1OC. The van der Waals surface area contributed by atoms with Crippen molar-refractivity contribution in [3.8, 4) is 17.2 Å². The average Bonchev–Trinajstić information content (AvgIpc) is 2.61. The Morgan fingerprint density at radius 2 is 1.88 bits per heavy atom. The summed E-state index contributed by atoms with van der Waals surface area (Å²) in [5, 5.41) is 0.784. The van der Waals surface area contributed by atoms with Crippen LogP contribution in [0.5, 0.6) is 17.2 Å². The summed E-state index contributed by atoms with van der Waals surface area (Å²) in [5.74, 6) is 0.723. The summed E-state index contributed by atoms with van der Waals surface area (Å²) in [7, 11) is 1.50. The third-order valence-corrected chi connectivity index (χ3v) is 3.83. The van der Waals surface area contributed by atoms with Gasteiger partial charge in [0.05, 0.1) is 19.3 Å². The van der Waals surface area contributed by atoms with E-state index in [0.717, 1.165) is 10.9 Å². The zero-order valence-electron chi connectivity index (χ0n) is 14.7. The van der Waals surface area contributed by atoms with Gasteiger partial charge in [-0.3, -0.25) is 0 Å².